The summed E-state index contributed by atoms with van der Waals surface area (Å²) >= 11 is 0. The van der Waals surface area contributed by atoms with Crippen molar-refractivity contribution in [1.82, 2.24) is 0 Å². The molecule has 0 spiro atoms. The maximum atomic E-state index is 14.1. The van der Waals surface area contributed by atoms with Crippen LogP contribution in [0.5, 0.6) is 0 Å². The molecule has 7 heteroatoms. The fraction of sp³-hybridized carbons (Fsp3) is 0.850. The molecule has 2 heterocycles. The monoisotopic (exact) mass is 388 g/mol. The number of fused-ring (bicyclic) bond motifs is 1. The Morgan fingerprint density at radius 1 is 1.37 bits per heavy atom. The predicted octanol–water partition coefficient (Wildman–Crippen LogP) is 3.45. The standard InChI is InChI=1S/C20H30F2O5/c1-12(2)11-20(21,22)17(23)7-6-13-14-9-18(24)26-16(14)10-15(13)27-19-5-3-4-8-25-19/h6-7,12-17,19,23H,3-5,8-11H2,1-2H3/t13-,14-,15-,16+,17?,19?/m1/s1. The molecule has 1 N–H and O–H groups in total. The number of carbonyl (C=O) groups excluding carboxylic acids is 1. The molecular weight excluding hydrogens is 358 g/mol. The second-order valence-corrected chi connectivity index (χ2v) is 8.37. The summed E-state index contributed by atoms with van der Waals surface area (Å²) in [6.07, 6.45) is 3.32. The van der Waals surface area contributed by atoms with E-state index in [9.17, 15) is 18.7 Å². The maximum absolute atomic E-state index is 14.1. The highest BCUT2D eigenvalue weighted by Gasteiger charge is 2.50. The zero-order valence-electron chi connectivity index (χ0n) is 16.0. The fourth-order valence-electron chi connectivity index (χ4n) is 4.36. The lowest BCUT2D eigenvalue weighted by molar-refractivity contribution is -0.194. The second kappa shape index (κ2) is 8.53. The lowest BCUT2D eigenvalue weighted by Gasteiger charge is -2.29. The number of esters is 1. The van der Waals surface area contributed by atoms with Gasteiger partial charge in [0.2, 0.25) is 0 Å². The van der Waals surface area contributed by atoms with Gasteiger partial charge in [-0.25, -0.2) is 8.78 Å². The lowest BCUT2D eigenvalue weighted by atomic mass is 9.90. The summed E-state index contributed by atoms with van der Waals surface area (Å²) in [5.74, 6) is -4.03. The van der Waals surface area contributed by atoms with Crippen LogP contribution in [-0.4, -0.2) is 48.2 Å². The molecule has 1 aliphatic carbocycles. The van der Waals surface area contributed by atoms with E-state index >= 15 is 0 Å². The van der Waals surface area contributed by atoms with E-state index in [1.807, 2.05) is 0 Å². The summed E-state index contributed by atoms with van der Waals surface area (Å²) in [6, 6.07) is 0. The van der Waals surface area contributed by atoms with Crippen LogP contribution >= 0.6 is 0 Å². The van der Waals surface area contributed by atoms with Crippen molar-refractivity contribution in [2.75, 3.05) is 6.61 Å². The minimum Gasteiger partial charge on any atom is -0.462 e. The van der Waals surface area contributed by atoms with E-state index in [1.54, 1.807) is 19.9 Å². The van der Waals surface area contributed by atoms with Crippen LogP contribution in [0.1, 0.15) is 52.4 Å². The van der Waals surface area contributed by atoms with Crippen LogP contribution < -0.4 is 0 Å². The van der Waals surface area contributed by atoms with E-state index in [1.165, 1.54) is 0 Å². The zero-order valence-corrected chi connectivity index (χ0v) is 16.0. The van der Waals surface area contributed by atoms with Crippen LogP contribution in [0.4, 0.5) is 8.78 Å². The number of ether oxygens (including phenoxy) is 3. The maximum Gasteiger partial charge on any atom is 0.306 e. The highest BCUT2D eigenvalue weighted by atomic mass is 19.3. The summed E-state index contributed by atoms with van der Waals surface area (Å²) in [6.45, 7) is 4.04. The number of alkyl halides is 2. The summed E-state index contributed by atoms with van der Waals surface area (Å²) in [5.41, 5.74) is 0. The molecule has 0 radical (unpaired) electrons. The normalized spacial score (nSPS) is 35.6. The Morgan fingerprint density at radius 3 is 2.81 bits per heavy atom. The number of aliphatic hydroxyl groups is 1. The van der Waals surface area contributed by atoms with E-state index in [0.717, 1.165) is 25.3 Å². The molecule has 5 nitrogen and oxygen atoms in total. The van der Waals surface area contributed by atoms with Gasteiger partial charge in [0, 0.05) is 31.3 Å². The summed E-state index contributed by atoms with van der Waals surface area (Å²) in [4.78, 5) is 11.6. The SMILES string of the molecule is CC(C)CC(F)(F)C(O)C=C[C@@H]1[C@H]2CC(=O)O[C@H]2C[C@H]1OC1CCCCO1. The van der Waals surface area contributed by atoms with Crippen LogP contribution in [-0.2, 0) is 19.0 Å². The molecule has 27 heavy (non-hydrogen) atoms. The van der Waals surface area contributed by atoms with Gasteiger partial charge < -0.3 is 19.3 Å². The molecule has 3 rings (SSSR count). The Labute approximate surface area is 159 Å². The first-order valence-corrected chi connectivity index (χ1v) is 9.97. The quantitative estimate of drug-likeness (QED) is 0.535. The molecular formula is C20H30F2O5. The number of carbonyl (C=O) groups is 1. The van der Waals surface area contributed by atoms with Gasteiger partial charge in [-0.15, -0.1) is 0 Å². The molecule has 3 fully saturated rings. The van der Waals surface area contributed by atoms with Crippen molar-refractivity contribution < 1.29 is 32.9 Å². The zero-order chi connectivity index (χ0) is 19.6. The third kappa shape index (κ3) is 5.06. The van der Waals surface area contributed by atoms with Crippen molar-refractivity contribution in [2.24, 2.45) is 17.8 Å². The van der Waals surface area contributed by atoms with Gasteiger partial charge in [-0.3, -0.25) is 4.79 Å². The number of aliphatic hydroxyl groups excluding tert-OH is 1. The second-order valence-electron chi connectivity index (χ2n) is 8.37. The van der Waals surface area contributed by atoms with Crippen LogP contribution in [0.3, 0.4) is 0 Å². The Morgan fingerprint density at radius 2 is 2.15 bits per heavy atom. The largest absolute Gasteiger partial charge is 0.462 e. The number of halogens is 2. The van der Waals surface area contributed by atoms with Gasteiger partial charge in [-0.1, -0.05) is 26.0 Å². The Hall–Kier alpha value is -1.05. The van der Waals surface area contributed by atoms with Gasteiger partial charge in [0.1, 0.15) is 12.2 Å². The minimum atomic E-state index is -3.19. The number of rotatable bonds is 7. The average molecular weight is 388 g/mol. The molecule has 2 saturated heterocycles. The lowest BCUT2D eigenvalue weighted by Crippen LogP contribution is -2.34. The van der Waals surface area contributed by atoms with E-state index < -0.39 is 12.0 Å². The highest BCUT2D eigenvalue weighted by Crippen LogP contribution is 2.44. The molecule has 2 aliphatic heterocycles. The van der Waals surface area contributed by atoms with E-state index in [2.05, 4.69) is 0 Å². The summed E-state index contributed by atoms with van der Waals surface area (Å²) in [7, 11) is 0. The smallest absolute Gasteiger partial charge is 0.306 e. The van der Waals surface area contributed by atoms with Gasteiger partial charge in [0.05, 0.1) is 12.5 Å². The van der Waals surface area contributed by atoms with Crippen LogP contribution in [0.15, 0.2) is 12.2 Å². The Bertz CT molecular complexity index is 544. The van der Waals surface area contributed by atoms with Gasteiger partial charge >= 0.3 is 5.97 Å². The van der Waals surface area contributed by atoms with E-state index in [-0.39, 0.29) is 55.1 Å². The van der Waals surface area contributed by atoms with Crippen molar-refractivity contribution >= 4 is 5.97 Å². The van der Waals surface area contributed by atoms with Crippen molar-refractivity contribution in [3.05, 3.63) is 12.2 Å². The number of hydrogen-bond acceptors (Lipinski definition) is 5. The minimum absolute atomic E-state index is 0.103. The Kier molecular flexibility index (Phi) is 6.54. The third-order valence-corrected chi connectivity index (χ3v) is 5.64. The summed E-state index contributed by atoms with van der Waals surface area (Å²) < 4.78 is 45.3. The van der Waals surface area contributed by atoms with Gasteiger partial charge in [0.25, 0.3) is 5.92 Å². The van der Waals surface area contributed by atoms with Gasteiger partial charge in [-0.05, 0) is 25.2 Å². The molecule has 0 bridgehead atoms. The predicted molar refractivity (Wildman–Crippen MR) is 94.1 cm³/mol. The average Bonchev–Trinajstić information content (AvgIpc) is 3.08. The van der Waals surface area contributed by atoms with E-state index in [4.69, 9.17) is 14.2 Å². The van der Waals surface area contributed by atoms with Crippen molar-refractivity contribution in [1.29, 1.82) is 0 Å². The fourth-order valence-corrected chi connectivity index (χ4v) is 4.36. The summed E-state index contributed by atoms with van der Waals surface area (Å²) in [5, 5.41) is 9.99. The number of hydrogen-bond donors (Lipinski definition) is 1. The van der Waals surface area contributed by atoms with Crippen LogP contribution in [0.2, 0.25) is 0 Å². The molecule has 0 aromatic carbocycles. The van der Waals surface area contributed by atoms with Crippen molar-refractivity contribution in [3.63, 3.8) is 0 Å². The highest BCUT2D eigenvalue weighted by molar-refractivity contribution is 5.72. The molecule has 0 amide bonds. The molecule has 154 valence electrons. The van der Waals surface area contributed by atoms with Crippen molar-refractivity contribution in [2.45, 2.75) is 82.9 Å². The van der Waals surface area contributed by atoms with Gasteiger partial charge in [0.15, 0.2) is 6.29 Å². The Balaban J connectivity index is 1.68. The molecule has 3 aliphatic rings. The third-order valence-electron chi connectivity index (χ3n) is 5.64. The molecule has 0 aromatic heterocycles. The first-order chi connectivity index (χ1) is 12.8. The molecule has 6 atom stereocenters. The first-order valence-electron chi connectivity index (χ1n) is 9.97. The van der Waals surface area contributed by atoms with Crippen molar-refractivity contribution in [3.8, 4) is 0 Å². The van der Waals surface area contributed by atoms with Gasteiger partial charge in [-0.2, -0.15) is 0 Å². The van der Waals surface area contributed by atoms with E-state index in [0.29, 0.717) is 13.0 Å². The molecule has 1 saturated carbocycles. The first kappa shape index (κ1) is 20.7. The molecule has 2 unspecified atom stereocenters. The van der Waals surface area contributed by atoms with Crippen LogP contribution in [0.25, 0.3) is 0 Å². The topological polar surface area (TPSA) is 65.0 Å². The molecule has 0 aromatic rings. The van der Waals surface area contributed by atoms with Crippen LogP contribution in [0, 0.1) is 17.8 Å².